The topological polar surface area (TPSA) is 28.4 Å². The molecule has 0 bridgehead atoms. The molecule has 1 aromatic carbocycles. The molecule has 0 amide bonds. The van der Waals surface area contributed by atoms with E-state index in [-0.39, 0.29) is 0 Å². The maximum Gasteiger partial charge on any atom is 0.134 e. The molecule has 0 unspecified atom stereocenters. The Hall–Kier alpha value is -1.32. The van der Waals surface area contributed by atoms with Crippen LogP contribution >= 0.6 is 0 Å². The number of hydrogen-bond donors (Lipinski definition) is 1. The highest BCUT2D eigenvalue weighted by atomic mass is 16.3. The molecule has 1 heterocycles. The first-order valence-electron chi connectivity index (χ1n) is 7.14. The number of nitrogens with zero attached hydrogens (tertiary/aromatic N) is 1. The summed E-state index contributed by atoms with van der Waals surface area (Å²) in [5, 5.41) is 4.76. The van der Waals surface area contributed by atoms with Crippen molar-refractivity contribution in [1.82, 2.24) is 10.2 Å². The van der Waals surface area contributed by atoms with Crippen LogP contribution in [0.25, 0.3) is 11.0 Å². The summed E-state index contributed by atoms with van der Waals surface area (Å²) in [6.07, 6.45) is 0.945. The Kier molecular flexibility index (Phi) is 5.00. The number of hydrogen-bond acceptors (Lipinski definition) is 3. The fraction of sp³-hybridized carbons (Fsp3) is 0.500. The summed E-state index contributed by atoms with van der Waals surface area (Å²) >= 11 is 0. The lowest BCUT2D eigenvalue weighted by Gasteiger charge is -2.14. The largest absolute Gasteiger partial charge is 0.461 e. The molecule has 0 radical (unpaired) electrons. The fourth-order valence-electron chi connectivity index (χ4n) is 2.27. The van der Waals surface area contributed by atoms with Gasteiger partial charge in [-0.25, -0.2) is 0 Å². The molecule has 0 saturated carbocycles. The normalized spacial score (nSPS) is 11.6. The van der Waals surface area contributed by atoms with E-state index in [1.165, 1.54) is 10.9 Å². The summed E-state index contributed by atoms with van der Waals surface area (Å²) in [7, 11) is 2.15. The quantitative estimate of drug-likeness (QED) is 0.776. The number of nitrogens with one attached hydrogen (secondary N) is 1. The summed E-state index contributed by atoms with van der Waals surface area (Å²) in [4.78, 5) is 2.31. The van der Waals surface area contributed by atoms with E-state index in [0.29, 0.717) is 0 Å². The van der Waals surface area contributed by atoms with Crippen LogP contribution in [-0.4, -0.2) is 31.6 Å². The Bertz CT molecular complexity index is 518. The number of rotatable bonds is 7. The molecule has 0 fully saturated rings. The Labute approximate surface area is 115 Å². The lowest BCUT2D eigenvalue weighted by atomic mass is 10.1. The van der Waals surface area contributed by atoms with Gasteiger partial charge in [0.1, 0.15) is 11.3 Å². The van der Waals surface area contributed by atoms with Gasteiger partial charge in [0.05, 0.1) is 0 Å². The van der Waals surface area contributed by atoms with Gasteiger partial charge in [0.15, 0.2) is 0 Å². The molecule has 2 rings (SSSR count). The summed E-state index contributed by atoms with van der Waals surface area (Å²) in [6.45, 7) is 8.39. The Balaban J connectivity index is 2.03. The third-order valence-corrected chi connectivity index (χ3v) is 3.61. The molecular weight excluding hydrogens is 236 g/mol. The van der Waals surface area contributed by atoms with Crippen LogP contribution in [0.4, 0.5) is 0 Å². The lowest BCUT2D eigenvalue weighted by Crippen LogP contribution is -2.28. The van der Waals surface area contributed by atoms with E-state index < -0.39 is 0 Å². The predicted molar refractivity (Wildman–Crippen MR) is 80.5 cm³/mol. The van der Waals surface area contributed by atoms with Crippen molar-refractivity contribution in [2.75, 3.05) is 26.7 Å². The average Bonchev–Trinajstić information content (AvgIpc) is 2.81. The number of likely N-dealkylation sites (N-methyl/N-ethyl adjacent to an activating group) is 1. The average molecular weight is 260 g/mol. The van der Waals surface area contributed by atoms with Crippen molar-refractivity contribution in [2.45, 2.75) is 26.8 Å². The van der Waals surface area contributed by atoms with Gasteiger partial charge in [0.25, 0.3) is 0 Å². The van der Waals surface area contributed by atoms with E-state index in [1.807, 2.05) is 12.1 Å². The smallest absolute Gasteiger partial charge is 0.134 e. The molecule has 0 aliphatic carbocycles. The minimum atomic E-state index is 0.887. The molecule has 19 heavy (non-hydrogen) atoms. The van der Waals surface area contributed by atoms with E-state index in [1.54, 1.807) is 0 Å². The van der Waals surface area contributed by atoms with Gasteiger partial charge in [-0.05, 0) is 19.7 Å². The van der Waals surface area contributed by atoms with Gasteiger partial charge in [0, 0.05) is 37.0 Å². The monoisotopic (exact) mass is 260 g/mol. The first-order chi connectivity index (χ1) is 9.26. The lowest BCUT2D eigenvalue weighted by molar-refractivity contribution is 0.348. The second-order valence-electron chi connectivity index (χ2n) is 4.93. The van der Waals surface area contributed by atoms with Crippen LogP contribution in [0, 0.1) is 0 Å². The Morgan fingerprint density at radius 3 is 2.74 bits per heavy atom. The van der Waals surface area contributed by atoms with E-state index in [2.05, 4.69) is 43.2 Å². The molecular formula is C16H24N2O. The first-order valence-corrected chi connectivity index (χ1v) is 7.14. The summed E-state index contributed by atoms with van der Waals surface area (Å²) in [6, 6.07) is 8.29. The van der Waals surface area contributed by atoms with Gasteiger partial charge in [-0.3, -0.25) is 0 Å². The molecule has 2 aromatic rings. The van der Waals surface area contributed by atoms with E-state index in [0.717, 1.165) is 43.9 Å². The zero-order chi connectivity index (χ0) is 13.7. The maximum absolute atomic E-state index is 5.90. The van der Waals surface area contributed by atoms with Gasteiger partial charge >= 0.3 is 0 Å². The SMILES string of the molecule is CCc1oc2ccccc2c1CNCCN(C)CC. The molecule has 0 spiro atoms. The standard InChI is InChI=1S/C16H24N2O/c1-4-15-14(12-17-10-11-18(3)5-2)13-8-6-7-9-16(13)19-15/h6-9,17H,4-5,10-12H2,1-3H3. The maximum atomic E-state index is 5.90. The molecule has 3 nitrogen and oxygen atoms in total. The van der Waals surface area contributed by atoms with Crippen molar-refractivity contribution < 1.29 is 4.42 Å². The van der Waals surface area contributed by atoms with Crippen molar-refractivity contribution in [1.29, 1.82) is 0 Å². The Morgan fingerprint density at radius 1 is 1.21 bits per heavy atom. The van der Waals surface area contributed by atoms with Crippen molar-refractivity contribution in [3.8, 4) is 0 Å². The Morgan fingerprint density at radius 2 is 2.00 bits per heavy atom. The van der Waals surface area contributed by atoms with Gasteiger partial charge in [-0.1, -0.05) is 32.0 Å². The fourth-order valence-corrected chi connectivity index (χ4v) is 2.27. The number of aryl methyl sites for hydroxylation is 1. The van der Waals surface area contributed by atoms with Crippen LogP contribution in [0.5, 0.6) is 0 Å². The first kappa shape index (κ1) is 14.1. The summed E-state index contributed by atoms with van der Waals surface area (Å²) in [5.74, 6) is 1.11. The molecule has 1 N–H and O–H groups in total. The predicted octanol–water partition coefficient (Wildman–Crippen LogP) is 3.04. The van der Waals surface area contributed by atoms with Gasteiger partial charge in [-0.2, -0.15) is 0 Å². The van der Waals surface area contributed by atoms with Gasteiger partial charge in [0.2, 0.25) is 0 Å². The molecule has 0 atom stereocenters. The second kappa shape index (κ2) is 6.73. The summed E-state index contributed by atoms with van der Waals surface area (Å²) < 4.78 is 5.90. The highest BCUT2D eigenvalue weighted by Crippen LogP contribution is 2.25. The third-order valence-electron chi connectivity index (χ3n) is 3.61. The van der Waals surface area contributed by atoms with Crippen molar-refractivity contribution in [3.05, 3.63) is 35.6 Å². The van der Waals surface area contributed by atoms with Gasteiger partial charge < -0.3 is 14.6 Å². The van der Waals surface area contributed by atoms with Crippen molar-refractivity contribution in [3.63, 3.8) is 0 Å². The van der Waals surface area contributed by atoms with Gasteiger partial charge in [-0.15, -0.1) is 0 Å². The number of furan rings is 1. The van der Waals surface area contributed by atoms with Crippen LogP contribution < -0.4 is 5.32 Å². The second-order valence-corrected chi connectivity index (χ2v) is 4.93. The van der Waals surface area contributed by atoms with E-state index in [4.69, 9.17) is 4.42 Å². The zero-order valence-electron chi connectivity index (χ0n) is 12.2. The van der Waals surface area contributed by atoms with Crippen molar-refractivity contribution >= 4 is 11.0 Å². The zero-order valence-corrected chi connectivity index (χ0v) is 12.2. The molecule has 1 aromatic heterocycles. The van der Waals surface area contributed by atoms with Crippen LogP contribution in [0.15, 0.2) is 28.7 Å². The highest BCUT2D eigenvalue weighted by molar-refractivity contribution is 5.82. The van der Waals surface area contributed by atoms with Crippen LogP contribution in [-0.2, 0) is 13.0 Å². The minimum absolute atomic E-state index is 0.887. The molecule has 3 heteroatoms. The minimum Gasteiger partial charge on any atom is -0.461 e. The number of fused-ring (bicyclic) bond motifs is 1. The third kappa shape index (κ3) is 3.37. The molecule has 0 aliphatic heterocycles. The molecule has 0 aliphatic rings. The van der Waals surface area contributed by atoms with E-state index in [9.17, 15) is 0 Å². The van der Waals surface area contributed by atoms with Crippen molar-refractivity contribution in [2.24, 2.45) is 0 Å². The van der Waals surface area contributed by atoms with Crippen LogP contribution in [0.2, 0.25) is 0 Å². The van der Waals surface area contributed by atoms with Crippen LogP contribution in [0.1, 0.15) is 25.2 Å². The molecule has 104 valence electrons. The molecule has 0 saturated heterocycles. The van der Waals surface area contributed by atoms with E-state index >= 15 is 0 Å². The number of benzene rings is 1. The number of para-hydroxylation sites is 1. The summed E-state index contributed by atoms with van der Waals surface area (Å²) in [5.41, 5.74) is 2.32. The highest BCUT2D eigenvalue weighted by Gasteiger charge is 2.11. The van der Waals surface area contributed by atoms with Crippen LogP contribution in [0.3, 0.4) is 0 Å².